The molecule has 0 bridgehead atoms. The van der Waals surface area contributed by atoms with Crippen LogP contribution in [0.1, 0.15) is 88.4 Å². The van der Waals surface area contributed by atoms with Crippen LogP contribution in [0.2, 0.25) is 0 Å². The van der Waals surface area contributed by atoms with Crippen LogP contribution in [-0.2, 0) is 46.4 Å². The highest BCUT2D eigenvalue weighted by Gasteiger charge is 2.43. The van der Waals surface area contributed by atoms with Crippen LogP contribution < -0.4 is 10.2 Å². The van der Waals surface area contributed by atoms with Crippen LogP contribution in [0.5, 0.6) is 0 Å². The lowest BCUT2D eigenvalue weighted by Crippen LogP contribution is -2.56. The Morgan fingerprint density at radius 2 is 1.66 bits per heavy atom. The van der Waals surface area contributed by atoms with E-state index < -0.39 is 59.9 Å². The second-order valence-corrected chi connectivity index (χ2v) is 15.3. The number of imide groups is 1. The Balaban J connectivity index is 1.36. The third kappa shape index (κ3) is 9.69. The summed E-state index contributed by atoms with van der Waals surface area (Å²) in [6.07, 6.45) is -3.07. The quantitative estimate of drug-likeness (QED) is 0.273. The maximum atomic E-state index is 13.9. The van der Waals surface area contributed by atoms with E-state index in [4.69, 9.17) is 18.9 Å². The van der Waals surface area contributed by atoms with E-state index >= 15 is 0 Å². The Hall–Kier alpha value is -5.49. The van der Waals surface area contributed by atoms with Crippen molar-refractivity contribution in [3.63, 3.8) is 0 Å². The van der Waals surface area contributed by atoms with Gasteiger partial charge in [-0.05, 0) is 102 Å². The van der Waals surface area contributed by atoms with Crippen molar-refractivity contribution in [3.8, 4) is 6.07 Å². The summed E-state index contributed by atoms with van der Waals surface area (Å²) >= 11 is 0. The number of anilines is 2. The van der Waals surface area contributed by atoms with Crippen molar-refractivity contribution in [1.29, 1.82) is 5.26 Å². The van der Waals surface area contributed by atoms with Gasteiger partial charge in [0.25, 0.3) is 17.7 Å². The summed E-state index contributed by atoms with van der Waals surface area (Å²) in [6, 6.07) is 11.4. The molecule has 282 valence electrons. The minimum atomic E-state index is -1.73. The van der Waals surface area contributed by atoms with E-state index in [1.807, 2.05) is 17.0 Å². The van der Waals surface area contributed by atoms with Gasteiger partial charge in [0.15, 0.2) is 6.10 Å². The van der Waals surface area contributed by atoms with Gasteiger partial charge in [0.2, 0.25) is 6.10 Å². The zero-order chi connectivity index (χ0) is 38.8. The number of benzene rings is 2. The number of morpholine rings is 1. The molecule has 2 fully saturated rings. The van der Waals surface area contributed by atoms with Crippen LogP contribution in [-0.4, -0.2) is 88.8 Å². The highest BCUT2D eigenvalue weighted by molar-refractivity contribution is 6.06. The number of nitrogens with one attached hydrogen (secondary N) is 1. The Morgan fingerprint density at radius 3 is 2.25 bits per heavy atom. The molecule has 5 rings (SSSR count). The smallest absolute Gasteiger partial charge is 0.420 e. The van der Waals surface area contributed by atoms with Gasteiger partial charge in [0, 0.05) is 43.5 Å². The van der Waals surface area contributed by atoms with Gasteiger partial charge in [-0.1, -0.05) is 6.07 Å². The molecule has 15 heteroatoms. The minimum Gasteiger partial charge on any atom is -0.449 e. The third-order valence-corrected chi connectivity index (χ3v) is 8.46. The van der Waals surface area contributed by atoms with Crippen LogP contribution in [0.4, 0.5) is 21.0 Å². The molecule has 2 atom stereocenters. The zero-order valence-electron chi connectivity index (χ0n) is 31.0. The van der Waals surface area contributed by atoms with E-state index in [0.717, 1.165) is 25.3 Å². The monoisotopic (exact) mass is 731 g/mol. The number of amides is 5. The Kier molecular flexibility index (Phi) is 11.1. The molecule has 0 aromatic heterocycles. The normalized spacial score (nSPS) is 17.7. The second-order valence-electron chi connectivity index (χ2n) is 15.3. The molecule has 2 aromatic rings. The van der Waals surface area contributed by atoms with Crippen molar-refractivity contribution in [2.24, 2.45) is 5.92 Å². The lowest BCUT2D eigenvalue weighted by molar-refractivity contribution is -0.167. The van der Waals surface area contributed by atoms with Crippen LogP contribution in [0.3, 0.4) is 0 Å². The molecule has 2 aromatic carbocycles. The van der Waals surface area contributed by atoms with Gasteiger partial charge in [0.05, 0.1) is 24.8 Å². The number of fused-ring (bicyclic) bond motifs is 1. The minimum absolute atomic E-state index is 0.00642. The highest BCUT2D eigenvalue weighted by Crippen LogP contribution is 2.35. The van der Waals surface area contributed by atoms with E-state index in [2.05, 4.69) is 5.32 Å². The number of ether oxygens (including phenoxy) is 4. The molecule has 1 aliphatic carbocycles. The van der Waals surface area contributed by atoms with E-state index in [1.54, 1.807) is 53.7 Å². The van der Waals surface area contributed by atoms with E-state index in [0.29, 0.717) is 35.2 Å². The van der Waals surface area contributed by atoms with Crippen LogP contribution >= 0.6 is 0 Å². The van der Waals surface area contributed by atoms with Gasteiger partial charge in [0.1, 0.15) is 11.2 Å². The fourth-order valence-electron chi connectivity index (χ4n) is 5.92. The first-order chi connectivity index (χ1) is 24.8. The molecule has 3 aliphatic rings. The van der Waals surface area contributed by atoms with Crippen LogP contribution in [0.15, 0.2) is 36.4 Å². The van der Waals surface area contributed by atoms with Crippen molar-refractivity contribution in [2.45, 2.75) is 97.8 Å². The molecule has 2 aliphatic heterocycles. The molecular formula is C38H45N5O10. The average molecular weight is 732 g/mol. The Bertz CT molecular complexity index is 1820. The number of nitriles is 1. The number of esters is 1. The lowest BCUT2D eigenvalue weighted by Gasteiger charge is -2.35. The fraction of sp³-hybridized carbons (Fsp3) is 0.500. The first-order valence-electron chi connectivity index (χ1n) is 17.4. The SMILES string of the molecule is CC(=O)O[C@@H](C(=O)Nc1ccc(C#N)c(CN(C(=O)OC(C)(C)C)C(=O)OC(C)(C)C)c1)[C@H]1OCCN(c2ccc3c(c2)C(=O)N(CC2CC2)C3)C1=O. The first-order valence-corrected chi connectivity index (χ1v) is 17.4. The van der Waals surface area contributed by atoms with Gasteiger partial charge >= 0.3 is 18.2 Å². The molecule has 5 amide bonds. The lowest BCUT2D eigenvalue weighted by atomic mass is 10.0. The molecule has 53 heavy (non-hydrogen) atoms. The molecule has 0 spiro atoms. The summed E-state index contributed by atoms with van der Waals surface area (Å²) in [7, 11) is 0. The predicted molar refractivity (Wildman–Crippen MR) is 189 cm³/mol. The van der Waals surface area contributed by atoms with Gasteiger partial charge in [-0.25, -0.2) is 14.5 Å². The van der Waals surface area contributed by atoms with Crippen molar-refractivity contribution >= 4 is 47.3 Å². The summed E-state index contributed by atoms with van der Waals surface area (Å²) < 4.78 is 21.9. The molecular weight excluding hydrogens is 686 g/mol. The summed E-state index contributed by atoms with van der Waals surface area (Å²) in [5.41, 5.74) is 0.257. The molecule has 1 N–H and O–H groups in total. The maximum absolute atomic E-state index is 13.9. The van der Waals surface area contributed by atoms with Gasteiger partial charge < -0.3 is 34.1 Å². The highest BCUT2D eigenvalue weighted by atomic mass is 16.6. The molecule has 0 radical (unpaired) electrons. The van der Waals surface area contributed by atoms with E-state index in [1.165, 1.54) is 23.1 Å². The second kappa shape index (κ2) is 15.2. The molecule has 1 saturated heterocycles. The number of carbonyl (C=O) groups is 6. The van der Waals surface area contributed by atoms with Gasteiger partial charge in [-0.2, -0.15) is 5.26 Å². The number of hydrogen-bond donors (Lipinski definition) is 1. The summed E-state index contributed by atoms with van der Waals surface area (Å²) in [5.74, 6) is -1.97. The average Bonchev–Trinajstić information content (AvgIpc) is 3.83. The van der Waals surface area contributed by atoms with Crippen molar-refractivity contribution in [3.05, 3.63) is 58.7 Å². The zero-order valence-corrected chi connectivity index (χ0v) is 31.0. The van der Waals surface area contributed by atoms with E-state index in [9.17, 15) is 34.0 Å². The predicted octanol–water partition coefficient (Wildman–Crippen LogP) is 4.90. The summed E-state index contributed by atoms with van der Waals surface area (Å²) in [5, 5.41) is 12.5. The van der Waals surface area contributed by atoms with Crippen molar-refractivity contribution in [2.75, 3.05) is 29.9 Å². The number of nitrogens with zero attached hydrogens (tertiary/aromatic N) is 4. The number of carbonyl (C=O) groups excluding carboxylic acids is 6. The Labute approximate surface area is 308 Å². The largest absolute Gasteiger partial charge is 0.449 e. The standard InChI is InChI=1S/C38H45N5O10/c1-22(44)51-30(31-34(47)42(14-15-50-31)28-13-11-25-20-41(19-23-8-9-23)33(46)29(25)17-28)32(45)40-27-12-10-24(18-39)26(16-27)21-43(35(48)52-37(2,3)4)36(49)53-38(5,6)7/h10-13,16-17,23,30-31H,8-9,14-15,19-21H2,1-7H3,(H,40,45)/t30-,31-/m1/s1. The topological polar surface area (TPSA) is 185 Å². The molecule has 1 saturated carbocycles. The fourth-order valence-corrected chi connectivity index (χ4v) is 5.92. The van der Waals surface area contributed by atoms with Gasteiger partial charge in [-0.3, -0.25) is 19.2 Å². The van der Waals surface area contributed by atoms with E-state index in [-0.39, 0.29) is 35.9 Å². The summed E-state index contributed by atoms with van der Waals surface area (Å²) in [6.45, 7) is 11.8. The maximum Gasteiger partial charge on any atom is 0.420 e. The van der Waals surface area contributed by atoms with Crippen LogP contribution in [0, 0.1) is 17.2 Å². The van der Waals surface area contributed by atoms with Crippen molar-refractivity contribution < 1.29 is 47.7 Å². The molecule has 0 unspecified atom stereocenters. The molecule has 15 nitrogen and oxygen atoms in total. The molecule has 2 heterocycles. The number of rotatable bonds is 9. The summed E-state index contributed by atoms with van der Waals surface area (Å²) in [4.78, 5) is 83.2. The first kappa shape index (κ1) is 38.7. The third-order valence-electron chi connectivity index (χ3n) is 8.46. The van der Waals surface area contributed by atoms with Crippen LogP contribution in [0.25, 0.3) is 0 Å². The number of hydrogen-bond acceptors (Lipinski definition) is 11. The van der Waals surface area contributed by atoms with Crippen molar-refractivity contribution in [1.82, 2.24) is 9.80 Å². The Morgan fingerprint density at radius 1 is 1.00 bits per heavy atom. The van der Waals surface area contributed by atoms with Gasteiger partial charge in [-0.15, -0.1) is 0 Å².